The molecular weight excluding hydrogens is 386 g/mol. The van der Waals surface area contributed by atoms with Gasteiger partial charge in [0.15, 0.2) is 0 Å². The predicted molar refractivity (Wildman–Crippen MR) is 112 cm³/mol. The lowest BCUT2D eigenvalue weighted by molar-refractivity contribution is 0.247. The second-order valence-corrected chi connectivity index (χ2v) is 9.61. The summed E-state index contributed by atoms with van der Waals surface area (Å²) >= 11 is 0. The fraction of sp³-hybridized carbons (Fsp3) is 0.364. The van der Waals surface area contributed by atoms with Crippen LogP contribution in [0.1, 0.15) is 29.9 Å². The minimum atomic E-state index is -3.34. The number of rotatable bonds is 6. The molecule has 4 rings (SSSR count). The Morgan fingerprint density at radius 3 is 2.66 bits per heavy atom. The average Bonchev–Trinajstić information content (AvgIpc) is 3.17. The molecule has 0 saturated carbocycles. The molecule has 0 bridgehead atoms. The number of aryl methyl sites for hydroxylation is 1. The summed E-state index contributed by atoms with van der Waals surface area (Å²) in [7, 11) is -3.34. The third-order valence-electron chi connectivity index (χ3n) is 5.38. The van der Waals surface area contributed by atoms with E-state index in [0.717, 1.165) is 29.5 Å². The highest BCUT2D eigenvalue weighted by Gasteiger charge is 2.30. The summed E-state index contributed by atoms with van der Waals surface area (Å²) in [6.07, 6.45) is 2.40. The van der Waals surface area contributed by atoms with Gasteiger partial charge in [0.1, 0.15) is 0 Å². The van der Waals surface area contributed by atoms with Gasteiger partial charge in [-0.2, -0.15) is 4.98 Å². The van der Waals surface area contributed by atoms with Crippen LogP contribution in [0, 0.1) is 12.8 Å². The quantitative estimate of drug-likeness (QED) is 0.616. The molecule has 1 aliphatic heterocycles. The molecule has 3 aromatic rings. The zero-order chi connectivity index (χ0) is 20.3. The Morgan fingerprint density at radius 1 is 1.10 bits per heavy atom. The lowest BCUT2D eigenvalue weighted by Gasteiger charge is -2.31. The van der Waals surface area contributed by atoms with Crippen molar-refractivity contribution in [3.8, 4) is 11.4 Å². The highest BCUT2D eigenvalue weighted by molar-refractivity contribution is 7.88. The lowest BCUT2D eigenvalue weighted by atomic mass is 9.96. The van der Waals surface area contributed by atoms with Crippen molar-refractivity contribution in [3.05, 3.63) is 71.6 Å². The van der Waals surface area contributed by atoms with E-state index >= 15 is 0 Å². The summed E-state index contributed by atoms with van der Waals surface area (Å²) in [6, 6.07) is 17.3. The number of hydrogen-bond donors (Lipinski definition) is 0. The fourth-order valence-electron chi connectivity index (χ4n) is 3.84. The van der Waals surface area contributed by atoms with Crippen molar-refractivity contribution in [2.75, 3.05) is 13.1 Å². The Hall–Kier alpha value is -2.51. The fourth-order valence-corrected chi connectivity index (χ4v) is 5.48. The summed E-state index contributed by atoms with van der Waals surface area (Å²) in [6.45, 7) is 3.09. The molecule has 1 aromatic heterocycles. The molecule has 0 spiro atoms. The molecule has 0 N–H and O–H groups in total. The van der Waals surface area contributed by atoms with Crippen LogP contribution in [0.4, 0.5) is 0 Å². The first-order valence-electron chi connectivity index (χ1n) is 9.91. The molecule has 7 heteroatoms. The molecular formula is C22H25N3O3S. The molecule has 1 saturated heterocycles. The Bertz CT molecular complexity index is 1060. The van der Waals surface area contributed by atoms with Gasteiger partial charge in [-0.15, -0.1) is 0 Å². The van der Waals surface area contributed by atoms with Crippen molar-refractivity contribution < 1.29 is 12.9 Å². The van der Waals surface area contributed by atoms with E-state index in [-0.39, 0.29) is 11.7 Å². The van der Waals surface area contributed by atoms with Crippen LogP contribution >= 0.6 is 0 Å². The van der Waals surface area contributed by atoms with Crippen molar-refractivity contribution in [2.45, 2.75) is 31.9 Å². The maximum Gasteiger partial charge on any atom is 0.227 e. The molecule has 152 valence electrons. The summed E-state index contributed by atoms with van der Waals surface area (Å²) < 4.78 is 32.8. The van der Waals surface area contributed by atoms with Crippen LogP contribution in [-0.2, 0) is 22.2 Å². The van der Waals surface area contributed by atoms with Gasteiger partial charge in [-0.05, 0) is 36.8 Å². The van der Waals surface area contributed by atoms with E-state index in [1.54, 1.807) is 4.31 Å². The van der Waals surface area contributed by atoms with E-state index in [1.807, 2.05) is 61.5 Å². The van der Waals surface area contributed by atoms with E-state index < -0.39 is 10.0 Å². The van der Waals surface area contributed by atoms with Crippen LogP contribution < -0.4 is 0 Å². The topological polar surface area (TPSA) is 76.3 Å². The van der Waals surface area contributed by atoms with Gasteiger partial charge in [-0.1, -0.05) is 59.8 Å². The van der Waals surface area contributed by atoms with E-state index in [2.05, 4.69) is 10.1 Å². The van der Waals surface area contributed by atoms with Gasteiger partial charge in [0.2, 0.25) is 21.7 Å². The first kappa shape index (κ1) is 19.8. The first-order chi connectivity index (χ1) is 14.0. The number of nitrogens with zero attached hydrogens (tertiary/aromatic N) is 3. The van der Waals surface area contributed by atoms with E-state index in [0.29, 0.717) is 31.2 Å². The van der Waals surface area contributed by atoms with Gasteiger partial charge < -0.3 is 4.52 Å². The third kappa shape index (κ3) is 4.74. The molecule has 6 nitrogen and oxygen atoms in total. The van der Waals surface area contributed by atoms with Crippen molar-refractivity contribution in [1.29, 1.82) is 0 Å². The highest BCUT2D eigenvalue weighted by atomic mass is 32.2. The Balaban J connectivity index is 1.42. The van der Waals surface area contributed by atoms with E-state index in [1.165, 1.54) is 0 Å². The molecule has 0 amide bonds. The zero-order valence-electron chi connectivity index (χ0n) is 16.5. The monoisotopic (exact) mass is 411 g/mol. The molecule has 1 atom stereocenters. The molecule has 29 heavy (non-hydrogen) atoms. The van der Waals surface area contributed by atoms with Gasteiger partial charge in [0.05, 0.1) is 5.75 Å². The van der Waals surface area contributed by atoms with Crippen LogP contribution in [0.3, 0.4) is 0 Å². The number of aromatic nitrogens is 2. The standard InChI is InChI=1S/C22H25N3O3S/c1-17-8-5-6-12-20(17)22-23-21(28-24-22)14-19-11-7-13-25(15-19)29(26,27)16-18-9-3-2-4-10-18/h2-6,8-10,12,19H,7,11,13-16H2,1H3. The molecule has 1 aliphatic rings. The Labute approximate surface area is 171 Å². The largest absolute Gasteiger partial charge is 0.339 e. The number of hydrogen-bond acceptors (Lipinski definition) is 5. The second kappa shape index (κ2) is 8.47. The first-order valence-corrected chi connectivity index (χ1v) is 11.5. The smallest absolute Gasteiger partial charge is 0.227 e. The van der Waals surface area contributed by atoms with Gasteiger partial charge in [-0.3, -0.25) is 0 Å². The number of benzene rings is 2. The van der Waals surface area contributed by atoms with Crippen molar-refractivity contribution in [2.24, 2.45) is 5.92 Å². The minimum Gasteiger partial charge on any atom is -0.339 e. The van der Waals surface area contributed by atoms with Crippen molar-refractivity contribution in [1.82, 2.24) is 14.4 Å². The van der Waals surface area contributed by atoms with Crippen LogP contribution in [0.25, 0.3) is 11.4 Å². The van der Waals surface area contributed by atoms with Crippen LogP contribution in [-0.4, -0.2) is 36.0 Å². The molecule has 1 unspecified atom stereocenters. The van der Waals surface area contributed by atoms with Gasteiger partial charge in [0.25, 0.3) is 0 Å². The average molecular weight is 412 g/mol. The van der Waals surface area contributed by atoms with Crippen LogP contribution in [0.5, 0.6) is 0 Å². The van der Waals surface area contributed by atoms with Gasteiger partial charge in [0, 0.05) is 25.1 Å². The molecule has 0 radical (unpaired) electrons. The maximum atomic E-state index is 12.9. The predicted octanol–water partition coefficient (Wildman–Crippen LogP) is 3.83. The van der Waals surface area contributed by atoms with E-state index in [9.17, 15) is 8.42 Å². The van der Waals surface area contributed by atoms with Crippen LogP contribution in [0.2, 0.25) is 0 Å². The molecule has 2 heterocycles. The maximum absolute atomic E-state index is 12.9. The minimum absolute atomic E-state index is 0.0402. The summed E-state index contributed by atoms with van der Waals surface area (Å²) in [5, 5.41) is 4.12. The summed E-state index contributed by atoms with van der Waals surface area (Å²) in [4.78, 5) is 4.54. The molecule has 2 aromatic carbocycles. The van der Waals surface area contributed by atoms with Crippen molar-refractivity contribution in [3.63, 3.8) is 0 Å². The van der Waals surface area contributed by atoms with Gasteiger partial charge >= 0.3 is 0 Å². The van der Waals surface area contributed by atoms with Crippen molar-refractivity contribution >= 4 is 10.0 Å². The summed E-state index contributed by atoms with van der Waals surface area (Å²) in [5.41, 5.74) is 2.86. The third-order valence-corrected chi connectivity index (χ3v) is 7.20. The number of sulfonamides is 1. The lowest BCUT2D eigenvalue weighted by Crippen LogP contribution is -2.41. The Morgan fingerprint density at radius 2 is 1.86 bits per heavy atom. The molecule has 1 fully saturated rings. The summed E-state index contributed by atoms with van der Waals surface area (Å²) in [5.74, 6) is 1.37. The van der Waals surface area contributed by atoms with Crippen LogP contribution in [0.15, 0.2) is 59.1 Å². The van der Waals surface area contributed by atoms with E-state index in [4.69, 9.17) is 4.52 Å². The molecule has 0 aliphatic carbocycles. The Kier molecular flexibility index (Phi) is 5.78. The van der Waals surface area contributed by atoms with Gasteiger partial charge in [-0.25, -0.2) is 12.7 Å². The SMILES string of the molecule is Cc1ccccc1-c1noc(CC2CCCN(S(=O)(=O)Cc3ccccc3)C2)n1. The normalized spacial score (nSPS) is 18.0. The number of piperidine rings is 1. The zero-order valence-corrected chi connectivity index (χ0v) is 17.3. The highest BCUT2D eigenvalue weighted by Crippen LogP contribution is 2.25. The second-order valence-electron chi connectivity index (χ2n) is 7.64.